The second-order valence-corrected chi connectivity index (χ2v) is 5.56. The molecule has 1 saturated heterocycles. The minimum Gasteiger partial charge on any atom is -0.352 e. The SMILES string of the molecule is CCOC(CNC1CCCSC1C)OCC. The Bertz CT molecular complexity index is 174. The molecule has 1 aliphatic rings. The van der Waals surface area contributed by atoms with E-state index in [4.69, 9.17) is 9.47 Å². The van der Waals surface area contributed by atoms with Crippen LogP contribution in [0.5, 0.6) is 0 Å². The lowest BCUT2D eigenvalue weighted by atomic mass is 10.1. The van der Waals surface area contributed by atoms with E-state index in [-0.39, 0.29) is 6.29 Å². The van der Waals surface area contributed by atoms with Crippen LogP contribution in [0.2, 0.25) is 0 Å². The van der Waals surface area contributed by atoms with Crippen molar-refractivity contribution in [2.24, 2.45) is 0 Å². The monoisotopic (exact) mass is 247 g/mol. The fourth-order valence-electron chi connectivity index (χ4n) is 1.98. The fraction of sp³-hybridized carbons (Fsp3) is 1.00. The van der Waals surface area contributed by atoms with Crippen LogP contribution in [0.15, 0.2) is 0 Å². The molecule has 96 valence electrons. The van der Waals surface area contributed by atoms with Gasteiger partial charge in [-0.3, -0.25) is 0 Å². The van der Waals surface area contributed by atoms with Crippen LogP contribution in [0.4, 0.5) is 0 Å². The summed E-state index contributed by atoms with van der Waals surface area (Å²) < 4.78 is 11.0. The first-order chi connectivity index (χ1) is 7.77. The van der Waals surface area contributed by atoms with Gasteiger partial charge in [0.2, 0.25) is 0 Å². The summed E-state index contributed by atoms with van der Waals surface area (Å²) in [5.74, 6) is 1.31. The Kier molecular flexibility index (Phi) is 7.45. The van der Waals surface area contributed by atoms with Crippen LogP contribution in [0.25, 0.3) is 0 Å². The summed E-state index contributed by atoms with van der Waals surface area (Å²) in [7, 11) is 0. The summed E-state index contributed by atoms with van der Waals surface area (Å²) in [6.07, 6.45) is 2.51. The van der Waals surface area contributed by atoms with Gasteiger partial charge in [0.15, 0.2) is 6.29 Å². The summed E-state index contributed by atoms with van der Waals surface area (Å²) in [6.45, 7) is 8.54. The summed E-state index contributed by atoms with van der Waals surface area (Å²) in [5.41, 5.74) is 0. The van der Waals surface area contributed by atoms with Gasteiger partial charge in [-0.1, -0.05) is 6.92 Å². The molecule has 1 N–H and O–H groups in total. The minimum absolute atomic E-state index is 0.0888. The highest BCUT2D eigenvalue weighted by Crippen LogP contribution is 2.24. The molecule has 1 rings (SSSR count). The molecule has 0 aromatic rings. The highest BCUT2D eigenvalue weighted by molar-refractivity contribution is 7.99. The lowest BCUT2D eigenvalue weighted by Crippen LogP contribution is -2.44. The standard InChI is InChI=1S/C12H25NO2S/c1-4-14-12(15-5-2)9-13-11-7-6-8-16-10(11)3/h10-13H,4-9H2,1-3H3. The number of hydrogen-bond acceptors (Lipinski definition) is 4. The van der Waals surface area contributed by atoms with E-state index < -0.39 is 0 Å². The van der Waals surface area contributed by atoms with Gasteiger partial charge < -0.3 is 14.8 Å². The predicted octanol–water partition coefficient (Wildman–Crippen LogP) is 2.26. The first-order valence-electron chi connectivity index (χ1n) is 6.36. The van der Waals surface area contributed by atoms with Gasteiger partial charge in [-0.25, -0.2) is 0 Å². The van der Waals surface area contributed by atoms with Crippen LogP contribution >= 0.6 is 11.8 Å². The van der Waals surface area contributed by atoms with Gasteiger partial charge in [-0.2, -0.15) is 11.8 Å². The van der Waals surface area contributed by atoms with Crippen molar-refractivity contribution in [2.75, 3.05) is 25.5 Å². The molecule has 0 saturated carbocycles. The molecular weight excluding hydrogens is 222 g/mol. The highest BCUT2D eigenvalue weighted by Gasteiger charge is 2.22. The van der Waals surface area contributed by atoms with E-state index in [0.29, 0.717) is 24.5 Å². The molecule has 0 bridgehead atoms. The molecule has 0 spiro atoms. The molecular formula is C12H25NO2S. The van der Waals surface area contributed by atoms with Crippen molar-refractivity contribution in [2.45, 2.75) is 51.2 Å². The molecule has 0 amide bonds. The van der Waals surface area contributed by atoms with E-state index in [1.54, 1.807) is 0 Å². The van der Waals surface area contributed by atoms with E-state index >= 15 is 0 Å². The van der Waals surface area contributed by atoms with Crippen LogP contribution in [0, 0.1) is 0 Å². The smallest absolute Gasteiger partial charge is 0.169 e. The second-order valence-electron chi connectivity index (χ2n) is 4.07. The highest BCUT2D eigenvalue weighted by atomic mass is 32.2. The van der Waals surface area contributed by atoms with Crippen LogP contribution in [0.3, 0.4) is 0 Å². The van der Waals surface area contributed by atoms with Crippen LogP contribution in [-0.4, -0.2) is 43.1 Å². The van der Waals surface area contributed by atoms with E-state index in [1.165, 1.54) is 18.6 Å². The average molecular weight is 247 g/mol. The van der Waals surface area contributed by atoms with Gasteiger partial charge in [0.05, 0.1) is 0 Å². The maximum absolute atomic E-state index is 5.52. The zero-order valence-electron chi connectivity index (χ0n) is 10.7. The number of thioether (sulfide) groups is 1. The first kappa shape index (κ1) is 14.3. The topological polar surface area (TPSA) is 30.5 Å². The molecule has 0 aromatic carbocycles. The maximum Gasteiger partial charge on any atom is 0.169 e. The van der Waals surface area contributed by atoms with Crippen LogP contribution in [0.1, 0.15) is 33.6 Å². The summed E-state index contributed by atoms with van der Waals surface area (Å²) in [4.78, 5) is 0. The minimum atomic E-state index is -0.0888. The zero-order valence-corrected chi connectivity index (χ0v) is 11.5. The molecule has 0 aromatic heterocycles. The Morgan fingerprint density at radius 3 is 2.56 bits per heavy atom. The third kappa shape index (κ3) is 5.04. The van der Waals surface area contributed by atoms with Crippen LogP contribution < -0.4 is 5.32 Å². The largest absolute Gasteiger partial charge is 0.352 e. The molecule has 1 fully saturated rings. The van der Waals surface area contributed by atoms with E-state index in [1.807, 2.05) is 13.8 Å². The number of rotatable bonds is 7. The molecule has 2 atom stereocenters. The van der Waals surface area contributed by atoms with Crippen molar-refractivity contribution in [1.29, 1.82) is 0 Å². The van der Waals surface area contributed by atoms with Gasteiger partial charge in [-0.15, -0.1) is 0 Å². The van der Waals surface area contributed by atoms with Crippen molar-refractivity contribution in [3.05, 3.63) is 0 Å². The Balaban J connectivity index is 2.23. The third-order valence-electron chi connectivity index (χ3n) is 2.86. The Morgan fingerprint density at radius 1 is 1.31 bits per heavy atom. The molecule has 16 heavy (non-hydrogen) atoms. The molecule has 0 aliphatic carbocycles. The molecule has 3 nitrogen and oxygen atoms in total. The summed E-state index contributed by atoms with van der Waals surface area (Å²) in [6, 6.07) is 0.613. The maximum atomic E-state index is 5.52. The number of ether oxygens (including phenoxy) is 2. The second kappa shape index (κ2) is 8.34. The van der Waals surface area contributed by atoms with E-state index in [0.717, 1.165) is 6.54 Å². The van der Waals surface area contributed by atoms with E-state index in [9.17, 15) is 0 Å². The van der Waals surface area contributed by atoms with Gasteiger partial charge in [0, 0.05) is 31.1 Å². The summed E-state index contributed by atoms with van der Waals surface area (Å²) in [5, 5.41) is 4.28. The lowest BCUT2D eigenvalue weighted by molar-refractivity contribution is -0.133. The van der Waals surface area contributed by atoms with Crippen molar-refractivity contribution in [3.8, 4) is 0 Å². The van der Waals surface area contributed by atoms with Crippen molar-refractivity contribution >= 4 is 11.8 Å². The van der Waals surface area contributed by atoms with Gasteiger partial charge in [-0.05, 0) is 32.4 Å². The molecule has 1 aliphatic heterocycles. The van der Waals surface area contributed by atoms with Gasteiger partial charge in [0.1, 0.15) is 0 Å². The van der Waals surface area contributed by atoms with Crippen molar-refractivity contribution in [1.82, 2.24) is 5.32 Å². The lowest BCUT2D eigenvalue weighted by Gasteiger charge is -2.30. The molecule has 1 heterocycles. The number of nitrogens with one attached hydrogen (secondary N) is 1. The third-order valence-corrected chi connectivity index (χ3v) is 4.24. The normalized spacial score (nSPS) is 26.2. The van der Waals surface area contributed by atoms with Crippen molar-refractivity contribution < 1.29 is 9.47 Å². The molecule has 0 radical (unpaired) electrons. The quantitative estimate of drug-likeness (QED) is 0.699. The number of hydrogen-bond donors (Lipinski definition) is 1. The molecule has 2 unspecified atom stereocenters. The van der Waals surface area contributed by atoms with Gasteiger partial charge in [0.25, 0.3) is 0 Å². The Labute approximate surface area is 104 Å². The Morgan fingerprint density at radius 2 is 2.00 bits per heavy atom. The average Bonchev–Trinajstić information content (AvgIpc) is 2.28. The fourth-order valence-corrected chi connectivity index (χ4v) is 3.15. The Hall–Kier alpha value is 0.230. The van der Waals surface area contributed by atoms with E-state index in [2.05, 4.69) is 24.0 Å². The molecule has 4 heteroatoms. The van der Waals surface area contributed by atoms with Crippen molar-refractivity contribution in [3.63, 3.8) is 0 Å². The first-order valence-corrected chi connectivity index (χ1v) is 7.41. The van der Waals surface area contributed by atoms with Crippen LogP contribution in [-0.2, 0) is 9.47 Å². The zero-order chi connectivity index (χ0) is 11.8. The summed E-state index contributed by atoms with van der Waals surface area (Å²) >= 11 is 2.06. The van der Waals surface area contributed by atoms with Gasteiger partial charge >= 0.3 is 0 Å². The predicted molar refractivity (Wildman–Crippen MR) is 70.0 cm³/mol.